The highest BCUT2D eigenvalue weighted by atomic mass is 19.4. The standard InChI is InChI=1S/C17H22F3NO2/c1-10(2)11(3)16(23)21-9-14(22)8-15(21)12-5-4-6-13(7-12)17(18,19)20/h4-7,10-11,14-15,22H,8-9H2,1-3H3. The summed E-state index contributed by atoms with van der Waals surface area (Å²) in [4.78, 5) is 14.1. The van der Waals surface area contributed by atoms with Crippen molar-refractivity contribution in [1.29, 1.82) is 0 Å². The van der Waals surface area contributed by atoms with Gasteiger partial charge in [0.1, 0.15) is 0 Å². The Kier molecular flexibility index (Phi) is 5.04. The molecule has 1 aliphatic heterocycles. The Balaban J connectivity index is 2.31. The second kappa shape index (κ2) is 6.51. The van der Waals surface area contributed by atoms with E-state index in [4.69, 9.17) is 0 Å². The fourth-order valence-corrected chi connectivity index (χ4v) is 2.84. The van der Waals surface area contributed by atoms with Crippen molar-refractivity contribution in [3.63, 3.8) is 0 Å². The van der Waals surface area contributed by atoms with Gasteiger partial charge in [-0.1, -0.05) is 32.9 Å². The van der Waals surface area contributed by atoms with Crippen LogP contribution < -0.4 is 0 Å². The van der Waals surface area contributed by atoms with Crippen molar-refractivity contribution in [2.75, 3.05) is 6.54 Å². The van der Waals surface area contributed by atoms with Gasteiger partial charge in [0.05, 0.1) is 17.7 Å². The molecule has 0 spiro atoms. The Morgan fingerprint density at radius 1 is 1.30 bits per heavy atom. The van der Waals surface area contributed by atoms with Gasteiger partial charge in [-0.2, -0.15) is 13.2 Å². The number of likely N-dealkylation sites (tertiary alicyclic amines) is 1. The Labute approximate surface area is 134 Å². The van der Waals surface area contributed by atoms with Gasteiger partial charge >= 0.3 is 6.18 Å². The summed E-state index contributed by atoms with van der Waals surface area (Å²) >= 11 is 0. The first kappa shape index (κ1) is 17.8. The molecule has 3 nitrogen and oxygen atoms in total. The van der Waals surface area contributed by atoms with Crippen LogP contribution in [-0.2, 0) is 11.0 Å². The minimum Gasteiger partial charge on any atom is -0.391 e. The number of aliphatic hydroxyl groups excluding tert-OH is 1. The largest absolute Gasteiger partial charge is 0.416 e. The lowest BCUT2D eigenvalue weighted by molar-refractivity contribution is -0.137. The zero-order valence-corrected chi connectivity index (χ0v) is 13.5. The number of carbonyl (C=O) groups excluding carboxylic acids is 1. The molecule has 3 unspecified atom stereocenters. The Morgan fingerprint density at radius 3 is 2.52 bits per heavy atom. The maximum Gasteiger partial charge on any atom is 0.416 e. The van der Waals surface area contributed by atoms with Gasteiger partial charge in [0.15, 0.2) is 0 Å². The normalized spacial score (nSPS) is 23.4. The molecular weight excluding hydrogens is 307 g/mol. The molecule has 2 rings (SSSR count). The first-order valence-corrected chi connectivity index (χ1v) is 7.77. The van der Waals surface area contributed by atoms with Crippen LogP contribution in [0, 0.1) is 11.8 Å². The SMILES string of the molecule is CC(C)C(C)C(=O)N1CC(O)CC1c1cccc(C(F)(F)F)c1. The van der Waals surface area contributed by atoms with E-state index in [-0.39, 0.29) is 30.7 Å². The van der Waals surface area contributed by atoms with Crippen molar-refractivity contribution in [1.82, 2.24) is 4.90 Å². The van der Waals surface area contributed by atoms with Gasteiger partial charge in [-0.05, 0) is 30.0 Å². The number of halogens is 3. The molecule has 1 amide bonds. The third-order valence-electron chi connectivity index (χ3n) is 4.55. The molecule has 0 aliphatic carbocycles. The molecule has 1 aromatic carbocycles. The predicted molar refractivity (Wildman–Crippen MR) is 80.5 cm³/mol. The molecule has 0 saturated carbocycles. The number of nitrogens with zero attached hydrogens (tertiary/aromatic N) is 1. The van der Waals surface area contributed by atoms with Crippen LogP contribution >= 0.6 is 0 Å². The van der Waals surface area contributed by atoms with Gasteiger partial charge in [0.2, 0.25) is 5.91 Å². The van der Waals surface area contributed by atoms with Crippen LogP contribution in [0.2, 0.25) is 0 Å². The summed E-state index contributed by atoms with van der Waals surface area (Å²) < 4.78 is 38.7. The highest BCUT2D eigenvalue weighted by Crippen LogP contribution is 2.37. The molecule has 6 heteroatoms. The molecule has 0 aromatic heterocycles. The Hall–Kier alpha value is -1.56. The lowest BCUT2D eigenvalue weighted by Crippen LogP contribution is -2.37. The zero-order valence-electron chi connectivity index (χ0n) is 13.5. The van der Waals surface area contributed by atoms with Crippen molar-refractivity contribution < 1.29 is 23.1 Å². The van der Waals surface area contributed by atoms with E-state index in [0.29, 0.717) is 5.56 Å². The van der Waals surface area contributed by atoms with Crippen molar-refractivity contribution >= 4 is 5.91 Å². The van der Waals surface area contributed by atoms with E-state index in [2.05, 4.69) is 0 Å². The minimum atomic E-state index is -4.42. The van der Waals surface area contributed by atoms with Crippen molar-refractivity contribution in [3.05, 3.63) is 35.4 Å². The van der Waals surface area contributed by atoms with E-state index >= 15 is 0 Å². The molecule has 1 aromatic rings. The van der Waals surface area contributed by atoms with Crippen LogP contribution in [0.5, 0.6) is 0 Å². The summed E-state index contributed by atoms with van der Waals surface area (Å²) in [6.07, 6.45) is -4.87. The van der Waals surface area contributed by atoms with Crippen LogP contribution in [0.4, 0.5) is 13.2 Å². The number of amides is 1. The molecule has 0 bridgehead atoms. The van der Waals surface area contributed by atoms with E-state index in [1.165, 1.54) is 11.0 Å². The third kappa shape index (κ3) is 3.86. The quantitative estimate of drug-likeness (QED) is 0.920. The van der Waals surface area contributed by atoms with Gasteiger partial charge in [0.25, 0.3) is 0 Å². The fourth-order valence-electron chi connectivity index (χ4n) is 2.84. The lowest BCUT2D eigenvalue weighted by Gasteiger charge is -2.29. The van der Waals surface area contributed by atoms with Crippen LogP contribution in [0.1, 0.15) is 44.4 Å². The third-order valence-corrected chi connectivity index (χ3v) is 4.55. The molecule has 23 heavy (non-hydrogen) atoms. The van der Waals surface area contributed by atoms with Gasteiger partial charge in [0, 0.05) is 12.5 Å². The average Bonchev–Trinajstić information content (AvgIpc) is 2.87. The number of β-amino-alcohol motifs (C(OH)–C–C–N with tert-alkyl or cyclic N) is 1. The Morgan fingerprint density at radius 2 is 1.96 bits per heavy atom. The molecular formula is C17H22F3NO2. The number of benzene rings is 1. The highest BCUT2D eigenvalue weighted by Gasteiger charge is 2.38. The predicted octanol–water partition coefficient (Wildman–Crippen LogP) is 3.63. The first-order valence-electron chi connectivity index (χ1n) is 7.77. The summed E-state index contributed by atoms with van der Waals surface area (Å²) in [5.41, 5.74) is -0.318. The van der Waals surface area contributed by atoms with Gasteiger partial charge < -0.3 is 10.0 Å². The van der Waals surface area contributed by atoms with E-state index < -0.39 is 23.9 Å². The Bertz CT molecular complexity index is 571. The number of alkyl halides is 3. The maximum absolute atomic E-state index is 12.9. The van der Waals surface area contributed by atoms with Gasteiger partial charge in [-0.15, -0.1) is 0 Å². The monoisotopic (exact) mass is 329 g/mol. The molecule has 1 N–H and O–H groups in total. The summed E-state index contributed by atoms with van der Waals surface area (Å²) in [6.45, 7) is 5.82. The smallest absolute Gasteiger partial charge is 0.391 e. The number of hydrogen-bond acceptors (Lipinski definition) is 2. The highest BCUT2D eigenvalue weighted by molar-refractivity contribution is 5.79. The molecule has 128 valence electrons. The molecule has 1 heterocycles. The fraction of sp³-hybridized carbons (Fsp3) is 0.588. The molecule has 1 aliphatic rings. The van der Waals surface area contributed by atoms with E-state index in [1.807, 2.05) is 13.8 Å². The minimum absolute atomic E-state index is 0.126. The van der Waals surface area contributed by atoms with Crippen LogP contribution in [0.15, 0.2) is 24.3 Å². The van der Waals surface area contributed by atoms with Gasteiger partial charge in [-0.25, -0.2) is 0 Å². The van der Waals surface area contributed by atoms with Crippen molar-refractivity contribution in [2.45, 2.75) is 45.5 Å². The van der Waals surface area contributed by atoms with Gasteiger partial charge in [-0.3, -0.25) is 4.79 Å². The van der Waals surface area contributed by atoms with E-state index in [0.717, 1.165) is 12.1 Å². The topological polar surface area (TPSA) is 40.5 Å². The molecule has 3 atom stereocenters. The summed E-state index contributed by atoms with van der Waals surface area (Å²) in [7, 11) is 0. The number of rotatable bonds is 3. The first-order chi connectivity index (χ1) is 10.6. The second-order valence-corrected chi connectivity index (χ2v) is 6.55. The average molecular weight is 329 g/mol. The number of carbonyl (C=O) groups is 1. The van der Waals surface area contributed by atoms with Crippen LogP contribution in [0.3, 0.4) is 0 Å². The number of aliphatic hydroxyl groups is 1. The number of hydrogen-bond donors (Lipinski definition) is 1. The molecule has 0 radical (unpaired) electrons. The van der Waals surface area contributed by atoms with E-state index in [1.54, 1.807) is 13.0 Å². The van der Waals surface area contributed by atoms with Crippen LogP contribution in [-0.4, -0.2) is 28.6 Å². The maximum atomic E-state index is 12.9. The molecule has 1 saturated heterocycles. The summed E-state index contributed by atoms with van der Waals surface area (Å²) in [5, 5.41) is 9.91. The summed E-state index contributed by atoms with van der Waals surface area (Å²) in [5.74, 6) is -0.241. The van der Waals surface area contributed by atoms with E-state index in [9.17, 15) is 23.1 Å². The summed E-state index contributed by atoms with van der Waals surface area (Å²) in [6, 6.07) is 4.50. The van der Waals surface area contributed by atoms with Crippen molar-refractivity contribution in [2.24, 2.45) is 11.8 Å². The zero-order chi connectivity index (χ0) is 17.4. The second-order valence-electron chi connectivity index (χ2n) is 6.55. The lowest BCUT2D eigenvalue weighted by atomic mass is 9.95. The molecule has 1 fully saturated rings. The van der Waals surface area contributed by atoms with Crippen LogP contribution in [0.25, 0.3) is 0 Å². The van der Waals surface area contributed by atoms with Crippen molar-refractivity contribution in [3.8, 4) is 0 Å².